The van der Waals surface area contributed by atoms with Crippen molar-refractivity contribution in [1.29, 1.82) is 0 Å². The summed E-state index contributed by atoms with van der Waals surface area (Å²) in [4.78, 5) is 0. The Kier molecular flexibility index (Phi) is 4.47. The molecule has 0 fully saturated rings. The number of anilines is 2. The average molecular weight is 334 g/mol. The highest BCUT2D eigenvalue weighted by molar-refractivity contribution is 7.80. The Morgan fingerprint density at radius 3 is 2.39 bits per heavy atom. The van der Waals surface area contributed by atoms with Crippen LogP contribution in [0.3, 0.4) is 0 Å². The monoisotopic (exact) mass is 334 g/mol. The Balaban J connectivity index is 1.66. The number of methoxy groups -OCH3 is 1. The molecule has 2 aromatic rings. The number of thiocarbonyl (C=S) groups is 1. The quantitative estimate of drug-likeness (QED) is 0.839. The number of hydrogen-bond acceptors (Lipinski definition) is 4. The molecule has 120 valence electrons. The summed E-state index contributed by atoms with van der Waals surface area (Å²) in [7, 11) is 1.42. The molecule has 0 aliphatic carbocycles. The Labute approximate surface area is 138 Å². The van der Waals surface area contributed by atoms with Crippen LogP contribution in [0.4, 0.5) is 15.8 Å². The first-order valence-corrected chi connectivity index (χ1v) is 7.38. The van der Waals surface area contributed by atoms with Crippen molar-refractivity contribution in [1.82, 2.24) is 0 Å². The lowest BCUT2D eigenvalue weighted by Gasteiger charge is -2.19. The molecule has 23 heavy (non-hydrogen) atoms. The molecule has 3 rings (SSSR count). The fraction of sp³-hybridized carbons (Fsp3) is 0.188. The minimum atomic E-state index is -0.459. The van der Waals surface area contributed by atoms with Crippen LogP contribution in [0.1, 0.15) is 0 Å². The normalized spacial score (nSPS) is 12.4. The largest absolute Gasteiger partial charge is 0.494 e. The summed E-state index contributed by atoms with van der Waals surface area (Å²) in [5.41, 5.74) is 1.28. The molecule has 0 amide bonds. The molecular weight excluding hydrogens is 319 g/mol. The van der Waals surface area contributed by atoms with Gasteiger partial charge in [-0.25, -0.2) is 4.39 Å². The van der Waals surface area contributed by atoms with Gasteiger partial charge in [0.05, 0.1) is 7.11 Å². The van der Waals surface area contributed by atoms with Gasteiger partial charge in [0.2, 0.25) is 0 Å². The second-order valence-corrected chi connectivity index (χ2v) is 5.20. The maximum atomic E-state index is 13.7. The second-order valence-electron chi connectivity index (χ2n) is 4.79. The van der Waals surface area contributed by atoms with Gasteiger partial charge in [-0.15, -0.1) is 0 Å². The lowest BCUT2D eigenvalue weighted by molar-refractivity contribution is 0.171. The number of nitrogens with one attached hydrogen (secondary N) is 2. The van der Waals surface area contributed by atoms with Gasteiger partial charge in [-0.1, -0.05) is 0 Å². The van der Waals surface area contributed by atoms with E-state index in [0.29, 0.717) is 35.5 Å². The van der Waals surface area contributed by atoms with E-state index in [9.17, 15) is 4.39 Å². The summed E-state index contributed by atoms with van der Waals surface area (Å²) in [6.45, 7) is 1.06. The van der Waals surface area contributed by atoms with Crippen molar-refractivity contribution in [2.75, 3.05) is 31.0 Å². The molecule has 0 saturated heterocycles. The second kappa shape index (κ2) is 6.70. The van der Waals surface area contributed by atoms with Gasteiger partial charge in [0, 0.05) is 23.5 Å². The average Bonchev–Trinajstić information content (AvgIpc) is 2.55. The SMILES string of the molecule is COc1ccc(NC(=S)Nc2ccc3c(c2)OCCO3)cc1F. The topological polar surface area (TPSA) is 51.8 Å². The van der Waals surface area contributed by atoms with Crippen LogP contribution in [0.25, 0.3) is 0 Å². The van der Waals surface area contributed by atoms with Crippen molar-refractivity contribution in [2.45, 2.75) is 0 Å². The van der Waals surface area contributed by atoms with Crippen LogP contribution in [0, 0.1) is 5.82 Å². The molecular formula is C16H15FN2O3S. The van der Waals surface area contributed by atoms with E-state index < -0.39 is 5.82 Å². The smallest absolute Gasteiger partial charge is 0.175 e. The Bertz CT molecular complexity index is 739. The van der Waals surface area contributed by atoms with Gasteiger partial charge in [-0.2, -0.15) is 0 Å². The van der Waals surface area contributed by atoms with Crippen LogP contribution in [-0.2, 0) is 0 Å². The first-order chi connectivity index (χ1) is 11.2. The van der Waals surface area contributed by atoms with E-state index in [1.807, 2.05) is 12.1 Å². The van der Waals surface area contributed by atoms with Crippen molar-refractivity contribution in [3.05, 3.63) is 42.2 Å². The molecule has 2 aromatic carbocycles. The molecule has 2 N–H and O–H groups in total. The molecule has 1 aliphatic heterocycles. The molecule has 0 aromatic heterocycles. The van der Waals surface area contributed by atoms with Crippen LogP contribution in [0.15, 0.2) is 36.4 Å². The maximum absolute atomic E-state index is 13.7. The lowest BCUT2D eigenvalue weighted by atomic mass is 10.2. The molecule has 1 aliphatic rings. The number of halogens is 1. The zero-order valence-corrected chi connectivity index (χ0v) is 13.2. The van der Waals surface area contributed by atoms with Gasteiger partial charge < -0.3 is 24.8 Å². The number of benzene rings is 2. The Morgan fingerprint density at radius 1 is 1.04 bits per heavy atom. The van der Waals surface area contributed by atoms with Gasteiger partial charge in [-0.3, -0.25) is 0 Å². The fourth-order valence-electron chi connectivity index (χ4n) is 2.16. The van der Waals surface area contributed by atoms with E-state index in [0.717, 1.165) is 5.69 Å². The van der Waals surface area contributed by atoms with Crippen LogP contribution >= 0.6 is 12.2 Å². The van der Waals surface area contributed by atoms with Crippen molar-refractivity contribution >= 4 is 28.7 Å². The third-order valence-electron chi connectivity index (χ3n) is 3.21. The van der Waals surface area contributed by atoms with Crippen LogP contribution in [0.2, 0.25) is 0 Å². The first-order valence-electron chi connectivity index (χ1n) is 6.97. The summed E-state index contributed by atoms with van der Waals surface area (Å²) in [6.07, 6.45) is 0. The molecule has 5 nitrogen and oxygen atoms in total. The fourth-order valence-corrected chi connectivity index (χ4v) is 2.39. The summed E-state index contributed by atoms with van der Waals surface area (Å²) < 4.78 is 29.5. The van der Waals surface area contributed by atoms with E-state index in [1.54, 1.807) is 12.1 Å². The number of rotatable bonds is 3. The predicted octanol–water partition coefficient (Wildman–Crippen LogP) is 3.41. The molecule has 7 heteroatoms. The highest BCUT2D eigenvalue weighted by Gasteiger charge is 2.12. The van der Waals surface area contributed by atoms with Gasteiger partial charge >= 0.3 is 0 Å². The van der Waals surface area contributed by atoms with E-state index >= 15 is 0 Å². The molecule has 0 radical (unpaired) electrons. The minimum absolute atomic E-state index is 0.182. The minimum Gasteiger partial charge on any atom is -0.494 e. The first kappa shape index (κ1) is 15.4. The molecule has 1 heterocycles. The molecule has 0 atom stereocenters. The number of fused-ring (bicyclic) bond motifs is 1. The van der Waals surface area contributed by atoms with Crippen LogP contribution in [0.5, 0.6) is 17.2 Å². The summed E-state index contributed by atoms with van der Waals surface area (Å²) in [5, 5.41) is 6.27. The molecule has 0 unspecified atom stereocenters. The molecule has 0 spiro atoms. The zero-order valence-electron chi connectivity index (χ0n) is 12.4. The summed E-state index contributed by atoms with van der Waals surface area (Å²) in [5.74, 6) is 1.10. The highest BCUT2D eigenvalue weighted by atomic mass is 32.1. The standard InChI is InChI=1S/C16H15FN2O3S/c1-20-13-4-2-10(8-12(13)17)18-16(23)19-11-3-5-14-15(9-11)22-7-6-21-14/h2-5,8-9H,6-7H2,1H3,(H2,18,19,23). The highest BCUT2D eigenvalue weighted by Crippen LogP contribution is 2.32. The zero-order chi connectivity index (χ0) is 16.2. The van der Waals surface area contributed by atoms with E-state index in [4.69, 9.17) is 26.4 Å². The van der Waals surface area contributed by atoms with Crippen molar-refractivity contribution in [3.8, 4) is 17.2 Å². The van der Waals surface area contributed by atoms with Crippen molar-refractivity contribution < 1.29 is 18.6 Å². The lowest BCUT2D eigenvalue weighted by Crippen LogP contribution is -2.20. The summed E-state index contributed by atoms with van der Waals surface area (Å²) in [6, 6.07) is 9.97. The third-order valence-corrected chi connectivity index (χ3v) is 3.41. The van der Waals surface area contributed by atoms with Gasteiger partial charge in [0.15, 0.2) is 28.2 Å². The van der Waals surface area contributed by atoms with Crippen LogP contribution in [-0.4, -0.2) is 25.4 Å². The van der Waals surface area contributed by atoms with Crippen molar-refractivity contribution in [3.63, 3.8) is 0 Å². The maximum Gasteiger partial charge on any atom is 0.175 e. The van der Waals surface area contributed by atoms with E-state index in [2.05, 4.69) is 10.6 Å². The summed E-state index contributed by atoms with van der Waals surface area (Å²) >= 11 is 5.23. The van der Waals surface area contributed by atoms with Gasteiger partial charge in [-0.05, 0) is 36.5 Å². The predicted molar refractivity (Wildman–Crippen MR) is 90.2 cm³/mol. The number of ether oxygens (including phenoxy) is 3. The molecule has 0 bridgehead atoms. The Hall–Kier alpha value is -2.54. The number of hydrogen-bond donors (Lipinski definition) is 2. The van der Waals surface area contributed by atoms with Crippen LogP contribution < -0.4 is 24.8 Å². The van der Waals surface area contributed by atoms with E-state index in [-0.39, 0.29) is 5.75 Å². The third kappa shape index (κ3) is 3.62. The van der Waals surface area contributed by atoms with Gasteiger partial charge in [0.25, 0.3) is 0 Å². The van der Waals surface area contributed by atoms with Crippen molar-refractivity contribution in [2.24, 2.45) is 0 Å². The van der Waals surface area contributed by atoms with Gasteiger partial charge in [0.1, 0.15) is 13.2 Å². The molecule has 0 saturated carbocycles. The van der Waals surface area contributed by atoms with E-state index in [1.165, 1.54) is 19.2 Å². The Morgan fingerprint density at radius 2 is 1.70 bits per heavy atom.